The lowest BCUT2D eigenvalue weighted by Gasteiger charge is -2.36. The van der Waals surface area contributed by atoms with Crippen molar-refractivity contribution in [1.82, 2.24) is 15.0 Å². The van der Waals surface area contributed by atoms with Gasteiger partial charge in [0.2, 0.25) is 17.6 Å². The Bertz CT molecular complexity index is 853. The lowest BCUT2D eigenvalue weighted by Crippen LogP contribution is -2.48. The standard InChI is InChI=1S/C20H22N4O3/c25-19(24-13-11-23(12-14-24)16-6-2-1-3-7-16)10-4-9-18-21-20(22-27-18)17-8-5-15-26-17/h1-3,5-8,15H,4,9-14H2. The molecule has 27 heavy (non-hydrogen) atoms. The van der Waals surface area contributed by atoms with E-state index in [0.717, 1.165) is 26.2 Å². The molecule has 140 valence electrons. The molecule has 1 aromatic carbocycles. The van der Waals surface area contributed by atoms with Crippen molar-refractivity contribution < 1.29 is 13.7 Å². The monoisotopic (exact) mass is 366 g/mol. The van der Waals surface area contributed by atoms with Crippen LogP contribution in [0.4, 0.5) is 5.69 Å². The van der Waals surface area contributed by atoms with Gasteiger partial charge in [0.15, 0.2) is 5.76 Å². The third-order valence-corrected chi connectivity index (χ3v) is 4.74. The number of anilines is 1. The van der Waals surface area contributed by atoms with Crippen LogP contribution in [0.5, 0.6) is 0 Å². The number of rotatable bonds is 6. The van der Waals surface area contributed by atoms with E-state index in [-0.39, 0.29) is 5.91 Å². The number of aryl methyl sites for hydroxylation is 1. The average molecular weight is 366 g/mol. The van der Waals surface area contributed by atoms with Crippen LogP contribution >= 0.6 is 0 Å². The Kier molecular flexibility index (Phi) is 5.18. The molecule has 0 radical (unpaired) electrons. The van der Waals surface area contributed by atoms with Crippen molar-refractivity contribution in [2.75, 3.05) is 31.1 Å². The van der Waals surface area contributed by atoms with Gasteiger partial charge in [-0.2, -0.15) is 4.98 Å². The molecule has 3 heterocycles. The highest BCUT2D eigenvalue weighted by atomic mass is 16.5. The van der Waals surface area contributed by atoms with Crippen molar-refractivity contribution >= 4 is 11.6 Å². The van der Waals surface area contributed by atoms with Crippen molar-refractivity contribution in [1.29, 1.82) is 0 Å². The van der Waals surface area contributed by atoms with Crippen LogP contribution in [0, 0.1) is 0 Å². The fraction of sp³-hybridized carbons (Fsp3) is 0.350. The number of para-hydroxylation sites is 1. The molecule has 1 aliphatic rings. The molecule has 0 spiro atoms. The number of furan rings is 1. The largest absolute Gasteiger partial charge is 0.461 e. The molecule has 1 amide bonds. The van der Waals surface area contributed by atoms with Crippen molar-refractivity contribution in [2.45, 2.75) is 19.3 Å². The lowest BCUT2D eigenvalue weighted by molar-refractivity contribution is -0.131. The summed E-state index contributed by atoms with van der Waals surface area (Å²) < 4.78 is 10.5. The van der Waals surface area contributed by atoms with Gasteiger partial charge in [-0.05, 0) is 30.7 Å². The molecule has 0 bridgehead atoms. The first-order valence-electron chi connectivity index (χ1n) is 9.24. The van der Waals surface area contributed by atoms with E-state index in [1.54, 1.807) is 18.4 Å². The Morgan fingerprint density at radius 2 is 1.85 bits per heavy atom. The Hall–Kier alpha value is -3.09. The Balaban J connectivity index is 1.21. The summed E-state index contributed by atoms with van der Waals surface area (Å²) in [4.78, 5) is 21.0. The van der Waals surface area contributed by atoms with E-state index in [2.05, 4.69) is 27.2 Å². The summed E-state index contributed by atoms with van der Waals surface area (Å²) in [7, 11) is 0. The number of amides is 1. The summed E-state index contributed by atoms with van der Waals surface area (Å²) in [6.45, 7) is 3.26. The molecule has 1 saturated heterocycles. The molecule has 0 saturated carbocycles. The second kappa shape index (κ2) is 8.07. The normalized spacial score (nSPS) is 14.5. The number of nitrogens with zero attached hydrogens (tertiary/aromatic N) is 4. The smallest absolute Gasteiger partial charge is 0.238 e. The molecular weight excluding hydrogens is 344 g/mol. The zero-order chi connectivity index (χ0) is 18.5. The van der Waals surface area contributed by atoms with E-state index in [4.69, 9.17) is 8.94 Å². The molecular formula is C20H22N4O3. The van der Waals surface area contributed by atoms with Gasteiger partial charge in [-0.1, -0.05) is 23.4 Å². The van der Waals surface area contributed by atoms with Gasteiger partial charge in [-0.15, -0.1) is 0 Å². The Morgan fingerprint density at radius 3 is 2.59 bits per heavy atom. The second-order valence-corrected chi connectivity index (χ2v) is 6.55. The molecule has 3 aromatic rings. The highest BCUT2D eigenvalue weighted by Crippen LogP contribution is 2.18. The molecule has 1 fully saturated rings. The molecule has 7 nitrogen and oxygen atoms in total. The van der Waals surface area contributed by atoms with Crippen LogP contribution in [-0.4, -0.2) is 47.1 Å². The maximum atomic E-state index is 12.4. The third kappa shape index (κ3) is 4.19. The second-order valence-electron chi connectivity index (χ2n) is 6.55. The van der Waals surface area contributed by atoms with E-state index >= 15 is 0 Å². The van der Waals surface area contributed by atoms with E-state index in [1.165, 1.54) is 5.69 Å². The van der Waals surface area contributed by atoms with Crippen LogP contribution in [0.3, 0.4) is 0 Å². The summed E-state index contributed by atoms with van der Waals surface area (Å²) >= 11 is 0. The summed E-state index contributed by atoms with van der Waals surface area (Å²) in [5.41, 5.74) is 1.22. The van der Waals surface area contributed by atoms with Gasteiger partial charge < -0.3 is 18.7 Å². The third-order valence-electron chi connectivity index (χ3n) is 4.74. The van der Waals surface area contributed by atoms with Crippen molar-refractivity contribution in [3.8, 4) is 11.6 Å². The maximum absolute atomic E-state index is 12.4. The van der Waals surface area contributed by atoms with E-state index in [9.17, 15) is 4.79 Å². The predicted octanol–water partition coefficient (Wildman–Crippen LogP) is 3.00. The van der Waals surface area contributed by atoms with Crippen molar-refractivity contribution in [3.05, 3.63) is 54.6 Å². The van der Waals surface area contributed by atoms with Crippen LogP contribution in [-0.2, 0) is 11.2 Å². The van der Waals surface area contributed by atoms with Crippen LogP contribution in [0.1, 0.15) is 18.7 Å². The topological polar surface area (TPSA) is 75.6 Å². The number of aromatic nitrogens is 2. The number of hydrogen-bond donors (Lipinski definition) is 0. The fourth-order valence-electron chi connectivity index (χ4n) is 3.26. The van der Waals surface area contributed by atoms with Crippen LogP contribution in [0.2, 0.25) is 0 Å². The van der Waals surface area contributed by atoms with Crippen LogP contribution < -0.4 is 4.90 Å². The van der Waals surface area contributed by atoms with Gasteiger partial charge in [0.05, 0.1) is 6.26 Å². The molecule has 4 rings (SSSR count). The fourth-order valence-corrected chi connectivity index (χ4v) is 3.26. The summed E-state index contributed by atoms with van der Waals surface area (Å²) in [5.74, 6) is 1.74. The predicted molar refractivity (Wildman–Crippen MR) is 100 cm³/mol. The van der Waals surface area contributed by atoms with Gasteiger partial charge in [0.1, 0.15) is 0 Å². The first-order chi connectivity index (χ1) is 13.3. The SMILES string of the molecule is O=C(CCCc1nc(-c2ccco2)no1)N1CCN(c2ccccc2)CC1. The Morgan fingerprint density at radius 1 is 1.04 bits per heavy atom. The van der Waals surface area contributed by atoms with E-state index in [0.29, 0.717) is 36.7 Å². The Labute approximate surface area is 157 Å². The highest BCUT2D eigenvalue weighted by molar-refractivity contribution is 5.76. The minimum atomic E-state index is 0.188. The van der Waals surface area contributed by atoms with Crippen molar-refractivity contribution in [3.63, 3.8) is 0 Å². The van der Waals surface area contributed by atoms with E-state index < -0.39 is 0 Å². The average Bonchev–Trinajstić information content (AvgIpc) is 3.40. The van der Waals surface area contributed by atoms with Gasteiger partial charge in [-0.3, -0.25) is 4.79 Å². The summed E-state index contributed by atoms with van der Waals surface area (Å²) in [5, 5.41) is 3.90. The van der Waals surface area contributed by atoms with Gasteiger partial charge in [0, 0.05) is 44.7 Å². The molecule has 0 unspecified atom stereocenters. The van der Waals surface area contributed by atoms with Crippen LogP contribution in [0.25, 0.3) is 11.6 Å². The van der Waals surface area contributed by atoms with Gasteiger partial charge in [-0.25, -0.2) is 0 Å². The minimum absolute atomic E-state index is 0.188. The zero-order valence-electron chi connectivity index (χ0n) is 15.1. The highest BCUT2D eigenvalue weighted by Gasteiger charge is 2.21. The number of benzene rings is 1. The number of carbonyl (C=O) groups is 1. The van der Waals surface area contributed by atoms with Crippen molar-refractivity contribution in [2.24, 2.45) is 0 Å². The molecule has 0 aliphatic carbocycles. The lowest BCUT2D eigenvalue weighted by atomic mass is 10.2. The van der Waals surface area contributed by atoms with Gasteiger partial charge in [0.25, 0.3) is 0 Å². The summed E-state index contributed by atoms with van der Waals surface area (Å²) in [6, 6.07) is 13.9. The molecule has 2 aromatic heterocycles. The zero-order valence-corrected chi connectivity index (χ0v) is 15.1. The number of piperazine rings is 1. The number of carbonyl (C=O) groups excluding carboxylic acids is 1. The van der Waals surface area contributed by atoms with Gasteiger partial charge >= 0.3 is 0 Å². The minimum Gasteiger partial charge on any atom is -0.461 e. The molecule has 1 aliphatic heterocycles. The maximum Gasteiger partial charge on any atom is 0.238 e. The summed E-state index contributed by atoms with van der Waals surface area (Å²) in [6.07, 6.45) is 3.34. The van der Waals surface area contributed by atoms with E-state index in [1.807, 2.05) is 23.1 Å². The molecule has 0 atom stereocenters. The quantitative estimate of drug-likeness (QED) is 0.668. The first-order valence-corrected chi connectivity index (χ1v) is 9.24. The molecule has 0 N–H and O–H groups in total. The van der Waals surface area contributed by atoms with Crippen LogP contribution in [0.15, 0.2) is 57.7 Å². The first kappa shape index (κ1) is 17.3. The number of hydrogen-bond acceptors (Lipinski definition) is 6. The molecule has 7 heteroatoms.